The zero-order valence-electron chi connectivity index (χ0n) is 18.2. The van der Waals surface area contributed by atoms with Crippen molar-refractivity contribution in [3.8, 4) is 5.69 Å². The number of nitrogens with zero attached hydrogens (tertiary/aromatic N) is 3. The van der Waals surface area contributed by atoms with Gasteiger partial charge in [-0.25, -0.2) is 13.4 Å². The lowest BCUT2D eigenvalue weighted by Gasteiger charge is -2.23. The summed E-state index contributed by atoms with van der Waals surface area (Å²) in [4.78, 5) is 32.5. The fourth-order valence-electron chi connectivity index (χ4n) is 3.91. The topological polar surface area (TPSA) is 89.3 Å². The fraction of sp³-hybridized carbons (Fsp3) is 0.348. The highest BCUT2D eigenvalue weighted by atomic mass is 32.2. The Bertz CT molecular complexity index is 1370. The predicted octanol–water partition coefficient (Wildman–Crippen LogP) is 2.74. The Labute approximate surface area is 191 Å². The average molecular weight is 472 g/mol. The highest BCUT2D eigenvalue weighted by Crippen LogP contribution is 2.25. The quantitative estimate of drug-likeness (QED) is 0.420. The number of amides is 1. The van der Waals surface area contributed by atoms with Gasteiger partial charge < -0.3 is 4.90 Å². The minimum atomic E-state index is -3.08. The van der Waals surface area contributed by atoms with E-state index in [1.165, 1.54) is 16.7 Å². The van der Waals surface area contributed by atoms with Gasteiger partial charge in [-0.05, 0) is 49.6 Å². The summed E-state index contributed by atoms with van der Waals surface area (Å²) in [6.45, 7) is 3.94. The molecule has 1 atom stereocenters. The average Bonchev–Trinajstić information content (AvgIpc) is 3.13. The molecule has 7 nitrogen and oxygen atoms in total. The molecule has 0 N–H and O–H groups in total. The summed E-state index contributed by atoms with van der Waals surface area (Å²) in [5, 5.41) is 0.945. The lowest BCUT2D eigenvalue weighted by atomic mass is 10.1. The van der Waals surface area contributed by atoms with E-state index >= 15 is 0 Å². The number of benzene rings is 2. The maximum Gasteiger partial charge on any atom is 0.266 e. The summed E-state index contributed by atoms with van der Waals surface area (Å²) in [6, 6.07) is 12.6. The van der Waals surface area contributed by atoms with Crippen molar-refractivity contribution in [3.05, 3.63) is 63.9 Å². The molecule has 0 spiro atoms. The van der Waals surface area contributed by atoms with Crippen LogP contribution in [-0.4, -0.2) is 59.1 Å². The van der Waals surface area contributed by atoms with Crippen LogP contribution in [0.4, 0.5) is 0 Å². The van der Waals surface area contributed by atoms with Gasteiger partial charge in [0.15, 0.2) is 15.0 Å². The van der Waals surface area contributed by atoms with Crippen LogP contribution in [0.3, 0.4) is 0 Å². The largest absolute Gasteiger partial charge is 0.341 e. The molecule has 9 heteroatoms. The summed E-state index contributed by atoms with van der Waals surface area (Å²) < 4.78 is 25.1. The number of sulfone groups is 1. The molecule has 4 rings (SSSR count). The number of aryl methyl sites for hydroxylation is 1. The molecule has 3 aromatic rings. The van der Waals surface area contributed by atoms with Crippen molar-refractivity contribution in [1.82, 2.24) is 14.5 Å². The highest BCUT2D eigenvalue weighted by molar-refractivity contribution is 7.99. The van der Waals surface area contributed by atoms with E-state index in [9.17, 15) is 18.0 Å². The lowest BCUT2D eigenvalue weighted by molar-refractivity contribution is -0.128. The van der Waals surface area contributed by atoms with E-state index in [1.807, 2.05) is 38.1 Å². The van der Waals surface area contributed by atoms with Crippen LogP contribution in [0.15, 0.2) is 52.4 Å². The van der Waals surface area contributed by atoms with Crippen molar-refractivity contribution in [1.29, 1.82) is 0 Å². The van der Waals surface area contributed by atoms with E-state index in [-0.39, 0.29) is 34.8 Å². The molecule has 1 aliphatic heterocycles. The first-order valence-electron chi connectivity index (χ1n) is 10.4. The second kappa shape index (κ2) is 8.71. The smallest absolute Gasteiger partial charge is 0.266 e. The SMILES string of the molecule is Cc1cccc(-n2c(SCC(=O)N(C)[C@@H]3CCS(=O)(=O)C3)nc3ccccc3c2=O)c1C. The van der Waals surface area contributed by atoms with Gasteiger partial charge in [-0.15, -0.1) is 0 Å². The summed E-state index contributed by atoms with van der Waals surface area (Å²) in [7, 11) is -1.44. The summed E-state index contributed by atoms with van der Waals surface area (Å²) >= 11 is 1.19. The Morgan fingerprint density at radius 1 is 1.19 bits per heavy atom. The predicted molar refractivity (Wildman–Crippen MR) is 127 cm³/mol. The number of rotatable bonds is 5. The Balaban J connectivity index is 1.70. The first kappa shape index (κ1) is 22.5. The molecule has 0 bridgehead atoms. The number of fused-ring (bicyclic) bond motifs is 1. The number of para-hydroxylation sites is 1. The van der Waals surface area contributed by atoms with E-state index in [0.717, 1.165) is 16.8 Å². The van der Waals surface area contributed by atoms with Gasteiger partial charge in [-0.3, -0.25) is 14.2 Å². The van der Waals surface area contributed by atoms with Gasteiger partial charge in [-0.1, -0.05) is 36.0 Å². The van der Waals surface area contributed by atoms with Crippen molar-refractivity contribution in [2.75, 3.05) is 24.3 Å². The molecular weight excluding hydrogens is 446 g/mol. The third-order valence-corrected chi connectivity index (χ3v) is 8.71. The molecule has 0 unspecified atom stereocenters. The minimum absolute atomic E-state index is 0.00132. The number of hydrogen-bond acceptors (Lipinski definition) is 6. The molecule has 1 amide bonds. The monoisotopic (exact) mass is 471 g/mol. The molecule has 0 saturated carbocycles. The number of carbonyl (C=O) groups is 1. The Kier molecular flexibility index (Phi) is 6.13. The van der Waals surface area contributed by atoms with E-state index in [1.54, 1.807) is 29.8 Å². The van der Waals surface area contributed by atoms with Gasteiger partial charge in [-0.2, -0.15) is 0 Å². The standard InChI is InChI=1S/C23H25N3O4S2/c1-15-7-6-10-20(16(15)2)26-22(28)18-8-4-5-9-19(18)24-23(26)31-13-21(27)25(3)17-11-12-32(29,30)14-17/h4-10,17H,11-14H2,1-3H3/t17-/m1/s1. The fourth-order valence-corrected chi connectivity index (χ4v) is 6.62. The zero-order chi connectivity index (χ0) is 23.0. The van der Waals surface area contributed by atoms with Crippen LogP contribution in [0, 0.1) is 13.8 Å². The van der Waals surface area contributed by atoms with Gasteiger partial charge in [0, 0.05) is 13.1 Å². The molecule has 1 aliphatic rings. The molecule has 2 heterocycles. The molecule has 168 valence electrons. The number of hydrogen-bond donors (Lipinski definition) is 0. The maximum absolute atomic E-state index is 13.4. The zero-order valence-corrected chi connectivity index (χ0v) is 19.9. The van der Waals surface area contributed by atoms with E-state index in [2.05, 4.69) is 0 Å². The molecule has 32 heavy (non-hydrogen) atoms. The number of carbonyl (C=O) groups excluding carboxylic acids is 1. The highest BCUT2D eigenvalue weighted by Gasteiger charge is 2.32. The first-order valence-corrected chi connectivity index (χ1v) is 13.2. The van der Waals surface area contributed by atoms with E-state index in [0.29, 0.717) is 22.5 Å². The third-order valence-electron chi connectivity index (χ3n) is 6.04. The molecule has 1 saturated heterocycles. The summed E-state index contributed by atoms with van der Waals surface area (Å²) in [6.07, 6.45) is 0.455. The van der Waals surface area contributed by atoms with Crippen LogP contribution < -0.4 is 5.56 Å². The van der Waals surface area contributed by atoms with Crippen molar-refractivity contribution in [3.63, 3.8) is 0 Å². The molecule has 0 aliphatic carbocycles. The Morgan fingerprint density at radius 2 is 1.94 bits per heavy atom. The molecule has 1 fully saturated rings. The van der Waals surface area contributed by atoms with Gasteiger partial charge in [0.05, 0.1) is 33.8 Å². The van der Waals surface area contributed by atoms with Crippen molar-refractivity contribution >= 4 is 38.4 Å². The van der Waals surface area contributed by atoms with Crippen LogP contribution in [0.2, 0.25) is 0 Å². The van der Waals surface area contributed by atoms with Gasteiger partial charge in [0.25, 0.3) is 5.56 Å². The summed E-state index contributed by atoms with van der Waals surface area (Å²) in [5.41, 5.74) is 3.14. The second-order valence-electron chi connectivity index (χ2n) is 8.12. The number of thioether (sulfide) groups is 1. The first-order chi connectivity index (χ1) is 15.2. The normalized spacial score (nSPS) is 17.5. The Hall–Kier alpha value is -2.65. The Morgan fingerprint density at radius 3 is 2.66 bits per heavy atom. The van der Waals surface area contributed by atoms with Crippen molar-refractivity contribution in [2.45, 2.75) is 31.5 Å². The molecule has 2 aromatic carbocycles. The van der Waals surface area contributed by atoms with Gasteiger partial charge in [0.1, 0.15) is 0 Å². The summed E-state index contributed by atoms with van der Waals surface area (Å²) in [5.74, 6) is -0.0165. The van der Waals surface area contributed by atoms with Crippen LogP contribution in [0.5, 0.6) is 0 Å². The number of aromatic nitrogens is 2. The van der Waals surface area contributed by atoms with Crippen LogP contribution in [0.25, 0.3) is 16.6 Å². The third kappa shape index (κ3) is 4.31. The molecule has 0 radical (unpaired) electrons. The maximum atomic E-state index is 13.4. The van der Waals surface area contributed by atoms with E-state index < -0.39 is 9.84 Å². The second-order valence-corrected chi connectivity index (χ2v) is 11.3. The van der Waals surface area contributed by atoms with E-state index in [4.69, 9.17) is 4.98 Å². The van der Waals surface area contributed by atoms with Crippen molar-refractivity contribution in [2.24, 2.45) is 0 Å². The van der Waals surface area contributed by atoms with Crippen molar-refractivity contribution < 1.29 is 13.2 Å². The lowest BCUT2D eigenvalue weighted by Crippen LogP contribution is -2.39. The minimum Gasteiger partial charge on any atom is -0.341 e. The van der Waals surface area contributed by atoms with Crippen LogP contribution in [0.1, 0.15) is 17.5 Å². The van der Waals surface area contributed by atoms with Gasteiger partial charge in [0.2, 0.25) is 5.91 Å². The van der Waals surface area contributed by atoms with Crippen LogP contribution in [-0.2, 0) is 14.6 Å². The van der Waals surface area contributed by atoms with Crippen LogP contribution >= 0.6 is 11.8 Å². The molecule has 1 aromatic heterocycles. The molecular formula is C23H25N3O4S2. The van der Waals surface area contributed by atoms with Gasteiger partial charge >= 0.3 is 0 Å².